The number of hydrogen-bond donors (Lipinski definition) is 0. The Morgan fingerprint density at radius 3 is 1.83 bits per heavy atom. The second kappa shape index (κ2) is 17.1. The second-order valence-corrected chi connectivity index (χ2v) is 12.6. The molecule has 6 rings (SSSR count). The Bertz CT molecular complexity index is 1390. The summed E-state index contributed by atoms with van der Waals surface area (Å²) < 4.78 is 1.42. The average Bonchev–Trinajstić information content (AvgIpc) is 3.60. The van der Waals surface area contributed by atoms with Crippen molar-refractivity contribution in [2.75, 3.05) is 0 Å². The van der Waals surface area contributed by atoms with Crippen LogP contribution in [0.3, 0.4) is 0 Å². The fraction of sp³-hybridized carbons (Fsp3) is 0.256. The molecule has 0 aromatic heterocycles. The van der Waals surface area contributed by atoms with Crippen LogP contribution in [0.4, 0.5) is 0 Å². The summed E-state index contributed by atoms with van der Waals surface area (Å²) >= 11 is 1.46. The van der Waals surface area contributed by atoms with Crippen molar-refractivity contribution in [3.63, 3.8) is 0 Å². The zero-order chi connectivity index (χ0) is 28.5. The number of fused-ring (bicyclic) bond motifs is 3. The van der Waals surface area contributed by atoms with E-state index in [0.29, 0.717) is 11.3 Å². The number of allylic oxidation sites excluding steroid dienone is 4. The molecule has 4 aromatic carbocycles. The van der Waals surface area contributed by atoms with Crippen molar-refractivity contribution in [2.24, 2.45) is 11.3 Å². The van der Waals surface area contributed by atoms with Crippen molar-refractivity contribution in [1.82, 2.24) is 0 Å². The van der Waals surface area contributed by atoms with Crippen molar-refractivity contribution in [2.45, 2.75) is 53.9 Å². The van der Waals surface area contributed by atoms with E-state index in [0.717, 1.165) is 12.8 Å². The third kappa shape index (κ3) is 9.34. The van der Waals surface area contributed by atoms with Crippen molar-refractivity contribution in [3.05, 3.63) is 155 Å². The van der Waals surface area contributed by atoms with Gasteiger partial charge in [0, 0.05) is 0 Å². The van der Waals surface area contributed by atoms with Crippen molar-refractivity contribution in [1.29, 1.82) is 0 Å². The van der Waals surface area contributed by atoms with Crippen LogP contribution in [0.2, 0.25) is 0 Å². The molecule has 0 N–H and O–H groups in total. The first-order valence-corrected chi connectivity index (χ1v) is 15.7. The van der Waals surface area contributed by atoms with Gasteiger partial charge in [-0.15, -0.1) is 5.56 Å². The molecule has 0 amide bonds. The molecule has 0 nitrogen and oxygen atoms in total. The molecule has 216 valence electrons. The standard InChI is InChI=1S/C13H9.C13H10.C13H21.2ClH.Zr/c1-3-7-12-10(5-1)9-11-6-2-4-8-13(11)12;1-3-7-12(8-4-1)11-13-9-5-2-6-10-13;1-6-10-8-11(7-2)12(9-10)13(3,4)5;;;/h1-5,7-8H,9H2;1-10H;9-10H,6-7H2,1-5H3;2*1H;/q-1;;-1;;;+2/p-2. The van der Waals surface area contributed by atoms with Gasteiger partial charge in [0.1, 0.15) is 0 Å². The van der Waals surface area contributed by atoms with Crippen LogP contribution in [0, 0.1) is 23.5 Å². The van der Waals surface area contributed by atoms with Gasteiger partial charge in [-0.1, -0.05) is 94.2 Å². The Balaban J connectivity index is 0.000000215. The van der Waals surface area contributed by atoms with E-state index >= 15 is 0 Å². The molecule has 0 bridgehead atoms. The van der Waals surface area contributed by atoms with Crippen LogP contribution in [0.5, 0.6) is 0 Å². The van der Waals surface area contributed by atoms with Crippen LogP contribution in [0.25, 0.3) is 11.1 Å². The third-order valence-electron chi connectivity index (χ3n) is 7.40. The summed E-state index contributed by atoms with van der Waals surface area (Å²) in [6.45, 7) is 11.3. The van der Waals surface area contributed by atoms with E-state index in [1.165, 1.54) is 78.4 Å². The maximum atomic E-state index is 3.57. The molecule has 0 aliphatic heterocycles. The summed E-state index contributed by atoms with van der Waals surface area (Å²) in [4.78, 5) is 0. The number of benzene rings is 4. The molecule has 3 heteroatoms. The van der Waals surface area contributed by atoms with Gasteiger partial charge in [-0.05, 0) is 6.42 Å². The van der Waals surface area contributed by atoms with Crippen LogP contribution in [-0.2, 0) is 30.7 Å². The largest absolute Gasteiger partial charge is 0.179 e. The molecule has 2 aliphatic rings. The number of rotatable bonds is 4. The minimum Gasteiger partial charge on any atom is -0.179 e. The van der Waals surface area contributed by atoms with E-state index in [1.807, 2.05) is 6.07 Å². The third-order valence-corrected chi connectivity index (χ3v) is 8.81. The summed E-state index contributed by atoms with van der Waals surface area (Å²) in [6.07, 6.45) is 9.33. The molecule has 0 heterocycles. The first kappa shape index (κ1) is 35.9. The zero-order valence-corrected chi connectivity index (χ0v) is 29.3. The van der Waals surface area contributed by atoms with E-state index in [4.69, 9.17) is 0 Å². The van der Waals surface area contributed by atoms with Gasteiger partial charge in [0.2, 0.25) is 0 Å². The fourth-order valence-electron chi connectivity index (χ4n) is 5.23. The molecule has 0 fully saturated rings. The van der Waals surface area contributed by atoms with Gasteiger partial charge in [-0.25, -0.2) is 5.57 Å². The maximum Gasteiger partial charge on any atom is -0.0253 e. The van der Waals surface area contributed by atoms with E-state index in [9.17, 15) is 0 Å². The molecule has 4 aromatic rings. The molecule has 1 atom stereocenters. The predicted octanol–water partition coefficient (Wildman–Crippen LogP) is 4.01. The van der Waals surface area contributed by atoms with Gasteiger partial charge in [0.25, 0.3) is 0 Å². The summed E-state index contributed by atoms with van der Waals surface area (Å²) in [7, 11) is 0. The average molecular weight is 671 g/mol. The van der Waals surface area contributed by atoms with Crippen molar-refractivity contribution in [3.8, 4) is 11.1 Å². The van der Waals surface area contributed by atoms with Crippen LogP contribution in [-0.4, -0.2) is 3.21 Å². The van der Waals surface area contributed by atoms with Gasteiger partial charge in [-0.3, -0.25) is 6.08 Å². The van der Waals surface area contributed by atoms with Crippen LogP contribution < -0.4 is 24.8 Å². The normalized spacial score (nSPS) is 14.2. The summed E-state index contributed by atoms with van der Waals surface area (Å²) in [5.41, 5.74) is 11.4. The number of halogens is 2. The zero-order valence-electron chi connectivity index (χ0n) is 25.3. The topological polar surface area (TPSA) is 0 Å². The van der Waals surface area contributed by atoms with Gasteiger partial charge in [0.05, 0.1) is 0 Å². The summed E-state index contributed by atoms with van der Waals surface area (Å²) in [5, 5.41) is 0. The summed E-state index contributed by atoms with van der Waals surface area (Å²) in [5.74, 6) is 0.573. The van der Waals surface area contributed by atoms with E-state index in [2.05, 4.69) is 150 Å². The molecule has 1 unspecified atom stereocenters. The Morgan fingerprint density at radius 2 is 1.31 bits per heavy atom. The van der Waals surface area contributed by atoms with E-state index in [1.54, 1.807) is 0 Å². The van der Waals surface area contributed by atoms with Crippen LogP contribution >= 0.6 is 0 Å². The van der Waals surface area contributed by atoms with Gasteiger partial charge < -0.3 is 24.8 Å². The van der Waals surface area contributed by atoms with Gasteiger partial charge >= 0.3 is 99.2 Å². The van der Waals surface area contributed by atoms with Crippen LogP contribution in [0.15, 0.2) is 120 Å². The summed E-state index contributed by atoms with van der Waals surface area (Å²) in [6, 6.07) is 39.2. The molecule has 0 saturated heterocycles. The van der Waals surface area contributed by atoms with E-state index < -0.39 is 0 Å². The Kier molecular flexibility index (Phi) is 14.6. The first-order valence-electron chi connectivity index (χ1n) is 14.4. The molecular weight excluding hydrogens is 631 g/mol. The monoisotopic (exact) mass is 668 g/mol. The fourth-order valence-corrected chi connectivity index (χ4v) is 6.05. The molecule has 2 aliphatic carbocycles. The molecular formula is C39H40Cl2Zr-2. The molecule has 0 radical (unpaired) electrons. The van der Waals surface area contributed by atoms with Crippen molar-refractivity contribution >= 4 is 3.21 Å². The van der Waals surface area contributed by atoms with Crippen LogP contribution in [0.1, 0.15) is 69.7 Å². The van der Waals surface area contributed by atoms with Crippen molar-refractivity contribution < 1.29 is 49.0 Å². The second-order valence-electron chi connectivity index (χ2n) is 11.3. The Morgan fingerprint density at radius 1 is 0.762 bits per heavy atom. The quantitative estimate of drug-likeness (QED) is 0.254. The van der Waals surface area contributed by atoms with Gasteiger partial charge in [0.15, 0.2) is 0 Å². The Hall–Kier alpha value is -2.31. The number of hydrogen-bond acceptors (Lipinski definition) is 0. The molecule has 0 saturated carbocycles. The first-order chi connectivity index (χ1) is 19.3. The minimum atomic E-state index is 0. The molecule has 0 spiro atoms. The predicted molar refractivity (Wildman–Crippen MR) is 168 cm³/mol. The van der Waals surface area contributed by atoms with E-state index in [-0.39, 0.29) is 24.8 Å². The van der Waals surface area contributed by atoms with Gasteiger partial charge in [-0.2, -0.15) is 41.5 Å². The molecule has 42 heavy (non-hydrogen) atoms. The Labute approximate surface area is 281 Å². The SMILES string of the molecule is CCC1=[C-]C(CC)C=C1C(C)(C)C.[Cl-].[Cl-].[Zr+2]=[C](c1ccccc1)c1ccccc1.[c-]1cccc2c1Cc1ccccc1-2. The maximum absolute atomic E-state index is 3.57. The minimum absolute atomic E-state index is 0. The smallest absolute Gasteiger partial charge is 0.0253 e.